The first-order valence-corrected chi connectivity index (χ1v) is 13.4. The number of piperidine rings is 1. The van der Waals surface area contributed by atoms with Crippen molar-refractivity contribution in [2.75, 3.05) is 19.7 Å². The van der Waals surface area contributed by atoms with Crippen LogP contribution in [0.3, 0.4) is 0 Å². The van der Waals surface area contributed by atoms with Crippen molar-refractivity contribution in [1.29, 1.82) is 0 Å². The summed E-state index contributed by atoms with van der Waals surface area (Å²) in [4.78, 5) is 33.4. The van der Waals surface area contributed by atoms with E-state index in [2.05, 4.69) is 25.6 Å². The van der Waals surface area contributed by atoms with E-state index in [-0.39, 0.29) is 47.7 Å². The van der Waals surface area contributed by atoms with Crippen LogP contribution in [0.5, 0.6) is 11.5 Å². The molecule has 11 heteroatoms. The van der Waals surface area contributed by atoms with E-state index in [0.29, 0.717) is 72.5 Å². The molecule has 0 unspecified atom stereocenters. The number of fused-ring (bicyclic) bond motifs is 2. The third-order valence-corrected chi connectivity index (χ3v) is 8.01. The zero-order valence-corrected chi connectivity index (χ0v) is 24.6. The molecular formula is C29H27N6NaO4. The summed E-state index contributed by atoms with van der Waals surface area (Å²) in [5, 5.41) is 16.8. The molecule has 1 saturated carbocycles. The number of Topliss-reactive ketones (excluding diaryl/α,β-unsaturated/α-hetero) is 1. The Bertz CT molecular complexity index is 1600. The summed E-state index contributed by atoms with van der Waals surface area (Å²) in [6.45, 7) is 3.47. The number of benzene rings is 2. The first kappa shape index (κ1) is 26.9. The maximum Gasteiger partial charge on any atom is 1.00 e. The van der Waals surface area contributed by atoms with Crippen molar-refractivity contribution in [3.8, 4) is 22.9 Å². The standard InChI is InChI=1S/C29H27N6O4.Na/c1-2-38-25-15-19(14-21-20(25)7-10-30-26(21)17-3-4-17)28(37)35-11-8-29(9-12-35)16-23(36)22-13-18(5-6-24(22)39-29)27-31-33-34-32-27;/h5-7,10,13-15,17H,2-4,8-9,11-12,16H2,1H3;/q-1;+1. The quantitative estimate of drug-likeness (QED) is 0.337. The normalized spacial score (nSPS) is 17.7. The van der Waals surface area contributed by atoms with Gasteiger partial charge in [-0.2, -0.15) is 5.21 Å². The summed E-state index contributed by atoms with van der Waals surface area (Å²) in [6, 6.07) is 11.1. The van der Waals surface area contributed by atoms with Gasteiger partial charge in [-0.05, 0) is 55.7 Å². The Kier molecular flexibility index (Phi) is 7.10. The van der Waals surface area contributed by atoms with Crippen LogP contribution in [-0.2, 0) is 0 Å². The number of ether oxygens (including phenoxy) is 2. The van der Waals surface area contributed by atoms with Crippen LogP contribution in [0.4, 0.5) is 0 Å². The first-order chi connectivity index (χ1) is 19.0. The van der Waals surface area contributed by atoms with Crippen LogP contribution in [-0.4, -0.2) is 62.4 Å². The van der Waals surface area contributed by atoms with Gasteiger partial charge >= 0.3 is 29.6 Å². The van der Waals surface area contributed by atoms with E-state index in [1.807, 2.05) is 42.3 Å². The second-order valence-electron chi connectivity index (χ2n) is 10.6. The summed E-state index contributed by atoms with van der Waals surface area (Å²) in [5.74, 6) is 2.07. The maximum absolute atomic E-state index is 13.7. The van der Waals surface area contributed by atoms with Gasteiger partial charge in [0, 0.05) is 60.2 Å². The number of hydrogen-bond acceptors (Lipinski definition) is 8. The molecule has 0 bridgehead atoms. The molecule has 4 aromatic rings. The Balaban J connectivity index is 0.00000289. The van der Waals surface area contributed by atoms with Crippen LogP contribution in [0.15, 0.2) is 42.6 Å². The molecule has 198 valence electrons. The second kappa shape index (κ2) is 10.6. The number of pyridine rings is 1. The Hall–Kier alpha value is -3.34. The minimum atomic E-state index is -0.620. The Morgan fingerprint density at radius 1 is 1.15 bits per heavy atom. The average molecular weight is 547 g/mol. The molecule has 0 radical (unpaired) electrons. The molecule has 2 fully saturated rings. The van der Waals surface area contributed by atoms with Crippen molar-refractivity contribution in [3.63, 3.8) is 0 Å². The predicted molar refractivity (Wildman–Crippen MR) is 141 cm³/mol. The van der Waals surface area contributed by atoms with Gasteiger partial charge in [0.25, 0.3) is 5.91 Å². The van der Waals surface area contributed by atoms with Crippen molar-refractivity contribution in [3.05, 3.63) is 59.4 Å². The van der Waals surface area contributed by atoms with Gasteiger partial charge in [0.1, 0.15) is 17.1 Å². The van der Waals surface area contributed by atoms with E-state index in [1.54, 1.807) is 12.1 Å². The van der Waals surface area contributed by atoms with Crippen LogP contribution in [0, 0.1) is 0 Å². The maximum atomic E-state index is 13.7. The smallest absolute Gasteiger partial charge is 0.493 e. The zero-order valence-electron chi connectivity index (χ0n) is 22.6. The molecule has 7 rings (SSSR count). The van der Waals surface area contributed by atoms with Gasteiger partial charge in [-0.25, -0.2) is 0 Å². The number of likely N-dealkylation sites (tertiary alicyclic amines) is 1. The fourth-order valence-corrected chi connectivity index (χ4v) is 5.82. The molecule has 1 amide bonds. The van der Waals surface area contributed by atoms with E-state index in [9.17, 15) is 9.59 Å². The molecule has 10 nitrogen and oxygen atoms in total. The van der Waals surface area contributed by atoms with Crippen LogP contribution in [0.1, 0.15) is 71.4 Å². The zero-order chi connectivity index (χ0) is 26.6. The first-order valence-electron chi connectivity index (χ1n) is 13.4. The van der Waals surface area contributed by atoms with E-state index >= 15 is 0 Å². The van der Waals surface area contributed by atoms with E-state index < -0.39 is 5.60 Å². The summed E-state index contributed by atoms with van der Waals surface area (Å²) in [6.07, 6.45) is 5.50. The summed E-state index contributed by atoms with van der Waals surface area (Å²) in [5.41, 5.74) is 2.23. The number of rotatable bonds is 5. The number of ketones is 1. The van der Waals surface area contributed by atoms with E-state index in [1.165, 1.54) is 0 Å². The predicted octanol–water partition coefficient (Wildman–Crippen LogP) is 0.964. The van der Waals surface area contributed by atoms with Gasteiger partial charge in [0.2, 0.25) is 0 Å². The fourth-order valence-electron chi connectivity index (χ4n) is 5.82. The number of tetrazole rings is 1. The molecule has 1 saturated heterocycles. The number of nitrogens with zero attached hydrogens (tertiary/aromatic N) is 6. The van der Waals surface area contributed by atoms with Gasteiger partial charge in [0.05, 0.1) is 24.3 Å². The minimum Gasteiger partial charge on any atom is -0.493 e. The molecule has 0 atom stereocenters. The molecule has 1 spiro atoms. The summed E-state index contributed by atoms with van der Waals surface area (Å²) < 4.78 is 12.4. The van der Waals surface area contributed by atoms with Crippen molar-refractivity contribution >= 4 is 22.5 Å². The van der Waals surface area contributed by atoms with Gasteiger partial charge < -0.3 is 19.5 Å². The van der Waals surface area contributed by atoms with Crippen LogP contribution in [0.25, 0.3) is 22.2 Å². The SMILES string of the molecule is CCOc1cc(C(=O)N2CCC3(CC2)CC(=O)c2cc(-c4nnn[n-]4)ccc2O3)cc2c(C3CC3)nccc12.[Na+]. The third kappa shape index (κ3) is 4.78. The summed E-state index contributed by atoms with van der Waals surface area (Å²) in [7, 11) is 0. The molecule has 40 heavy (non-hydrogen) atoms. The summed E-state index contributed by atoms with van der Waals surface area (Å²) >= 11 is 0. The minimum absolute atomic E-state index is 0. The van der Waals surface area contributed by atoms with Crippen molar-refractivity contribution in [2.24, 2.45) is 0 Å². The van der Waals surface area contributed by atoms with Crippen LogP contribution in [0.2, 0.25) is 0 Å². The monoisotopic (exact) mass is 546 g/mol. The van der Waals surface area contributed by atoms with Gasteiger partial charge in [-0.3, -0.25) is 24.9 Å². The van der Waals surface area contributed by atoms with Crippen molar-refractivity contribution in [2.45, 2.75) is 50.5 Å². The number of carbonyl (C=O) groups excluding carboxylic acids is 2. The Labute approximate surface area is 253 Å². The third-order valence-electron chi connectivity index (χ3n) is 8.01. The molecule has 1 aliphatic carbocycles. The molecule has 3 aliphatic rings. The second-order valence-corrected chi connectivity index (χ2v) is 10.6. The largest absolute Gasteiger partial charge is 1.00 e. The van der Waals surface area contributed by atoms with E-state index in [0.717, 1.165) is 29.3 Å². The molecular weight excluding hydrogens is 519 g/mol. The molecule has 2 aliphatic heterocycles. The molecule has 2 aromatic heterocycles. The van der Waals surface area contributed by atoms with Gasteiger partial charge in [0.15, 0.2) is 5.78 Å². The van der Waals surface area contributed by atoms with Crippen molar-refractivity contribution in [1.82, 2.24) is 30.5 Å². The van der Waals surface area contributed by atoms with Crippen molar-refractivity contribution < 1.29 is 48.6 Å². The average Bonchev–Trinajstić information content (AvgIpc) is 3.65. The molecule has 4 heterocycles. The number of carbonyl (C=O) groups is 2. The number of amides is 1. The fraction of sp³-hybridized carbons (Fsp3) is 0.379. The Morgan fingerprint density at radius 3 is 2.70 bits per heavy atom. The topological polar surface area (TPSA) is 122 Å². The number of aromatic nitrogens is 5. The van der Waals surface area contributed by atoms with Crippen LogP contribution < -0.4 is 44.1 Å². The molecule has 2 aromatic carbocycles. The Morgan fingerprint density at radius 2 is 1.98 bits per heavy atom. The number of hydrogen-bond donors (Lipinski definition) is 0. The van der Waals surface area contributed by atoms with Gasteiger partial charge in [-0.15, -0.1) is 0 Å². The molecule has 0 N–H and O–H groups in total. The van der Waals surface area contributed by atoms with Gasteiger partial charge in [-0.1, -0.05) is 6.07 Å². The van der Waals surface area contributed by atoms with E-state index in [4.69, 9.17) is 9.47 Å². The van der Waals surface area contributed by atoms with Crippen LogP contribution >= 0.6 is 0 Å².